The van der Waals surface area contributed by atoms with Gasteiger partial charge in [0.25, 0.3) is 0 Å². The average molecular weight is 263 g/mol. The molecule has 1 saturated heterocycles. The fourth-order valence-corrected chi connectivity index (χ4v) is 2.29. The number of aromatic nitrogens is 2. The number of hydrogen-bond donors (Lipinski definition) is 2. The van der Waals surface area contributed by atoms with E-state index in [-0.39, 0.29) is 17.9 Å². The molecule has 0 saturated carbocycles. The first-order valence-corrected chi connectivity index (χ1v) is 6.70. The zero-order chi connectivity index (χ0) is 13.8. The number of carbonyl (C=O) groups is 1. The highest BCUT2D eigenvalue weighted by molar-refractivity contribution is 5.78. The predicted octanol–water partition coefficient (Wildman–Crippen LogP) is 1.12. The van der Waals surface area contributed by atoms with Gasteiger partial charge in [0.2, 0.25) is 11.9 Å². The Kier molecular flexibility index (Phi) is 4.19. The first kappa shape index (κ1) is 13.6. The molecule has 1 atom stereocenters. The summed E-state index contributed by atoms with van der Waals surface area (Å²) in [5.74, 6) is 1.23. The van der Waals surface area contributed by atoms with Crippen LogP contribution in [0.25, 0.3) is 0 Å². The molecule has 1 fully saturated rings. The number of amides is 1. The first-order valence-electron chi connectivity index (χ1n) is 6.70. The van der Waals surface area contributed by atoms with E-state index in [9.17, 15) is 4.79 Å². The Labute approximate surface area is 113 Å². The van der Waals surface area contributed by atoms with Crippen molar-refractivity contribution in [3.05, 3.63) is 12.3 Å². The number of hydrogen-bond acceptors (Lipinski definition) is 5. The minimum Gasteiger partial charge on any atom is -0.384 e. The largest absolute Gasteiger partial charge is 0.384 e. The highest BCUT2D eigenvalue weighted by Crippen LogP contribution is 2.16. The summed E-state index contributed by atoms with van der Waals surface area (Å²) in [5.41, 5.74) is 5.62. The Balaban J connectivity index is 1.96. The summed E-state index contributed by atoms with van der Waals surface area (Å²) in [6.45, 7) is 5.41. The average Bonchev–Trinajstić information content (AvgIpc) is 2.38. The summed E-state index contributed by atoms with van der Waals surface area (Å²) in [6, 6.07) is 1.85. The topological polar surface area (TPSA) is 84.1 Å². The van der Waals surface area contributed by atoms with Crippen LogP contribution in [0.3, 0.4) is 0 Å². The molecule has 0 spiro atoms. The van der Waals surface area contributed by atoms with Crippen LogP contribution in [0.5, 0.6) is 0 Å². The molecule has 2 rings (SSSR count). The number of nitrogens with two attached hydrogens (primary N) is 1. The van der Waals surface area contributed by atoms with Crippen molar-refractivity contribution in [1.29, 1.82) is 0 Å². The maximum absolute atomic E-state index is 12.0. The van der Waals surface area contributed by atoms with Crippen LogP contribution in [0.4, 0.5) is 11.8 Å². The molecule has 1 aromatic rings. The van der Waals surface area contributed by atoms with Gasteiger partial charge < -0.3 is 16.0 Å². The quantitative estimate of drug-likeness (QED) is 0.853. The summed E-state index contributed by atoms with van der Waals surface area (Å²) in [5, 5.41) is 3.25. The van der Waals surface area contributed by atoms with Crippen LogP contribution < -0.4 is 11.1 Å². The van der Waals surface area contributed by atoms with Crippen molar-refractivity contribution in [1.82, 2.24) is 14.9 Å². The van der Waals surface area contributed by atoms with Crippen molar-refractivity contribution in [2.45, 2.75) is 32.7 Å². The lowest BCUT2D eigenvalue weighted by Crippen LogP contribution is -2.46. The standard InChI is InChI=1S/C13H21N5O/c1-9(2)12(19)18-7-3-4-10(8-18)16-13-15-6-5-11(14)17-13/h5-6,9-10H,3-4,7-8H2,1-2H3,(H3,14,15,16,17). The van der Waals surface area contributed by atoms with Crippen LogP contribution in [0.15, 0.2) is 12.3 Å². The van der Waals surface area contributed by atoms with Gasteiger partial charge in [-0.05, 0) is 18.9 Å². The molecule has 0 aliphatic carbocycles. The second-order valence-corrected chi connectivity index (χ2v) is 5.23. The monoisotopic (exact) mass is 263 g/mol. The normalized spacial score (nSPS) is 19.5. The fraction of sp³-hybridized carbons (Fsp3) is 0.615. The van der Waals surface area contributed by atoms with Crippen LogP contribution >= 0.6 is 0 Å². The third-order valence-corrected chi connectivity index (χ3v) is 3.24. The van der Waals surface area contributed by atoms with Crippen LogP contribution in [0.1, 0.15) is 26.7 Å². The van der Waals surface area contributed by atoms with Crippen molar-refractivity contribution in [3.63, 3.8) is 0 Å². The Bertz CT molecular complexity index is 448. The van der Waals surface area contributed by atoms with Gasteiger partial charge in [-0.1, -0.05) is 13.8 Å². The lowest BCUT2D eigenvalue weighted by Gasteiger charge is -2.34. The number of likely N-dealkylation sites (tertiary alicyclic amines) is 1. The Morgan fingerprint density at radius 3 is 3.05 bits per heavy atom. The van der Waals surface area contributed by atoms with E-state index in [1.807, 2.05) is 18.7 Å². The number of carbonyl (C=O) groups excluding carboxylic acids is 1. The van der Waals surface area contributed by atoms with E-state index in [4.69, 9.17) is 5.73 Å². The van der Waals surface area contributed by atoms with Crippen molar-refractivity contribution >= 4 is 17.7 Å². The van der Waals surface area contributed by atoms with Gasteiger partial charge in [0, 0.05) is 31.2 Å². The molecule has 3 N–H and O–H groups in total. The van der Waals surface area contributed by atoms with Gasteiger partial charge in [0.05, 0.1) is 0 Å². The molecule has 6 nitrogen and oxygen atoms in total. The second kappa shape index (κ2) is 5.86. The van der Waals surface area contributed by atoms with Crippen LogP contribution in [0, 0.1) is 5.92 Å². The second-order valence-electron chi connectivity index (χ2n) is 5.23. The zero-order valence-corrected chi connectivity index (χ0v) is 11.5. The van der Waals surface area contributed by atoms with Crippen molar-refractivity contribution in [2.24, 2.45) is 5.92 Å². The molecule has 0 bridgehead atoms. The van der Waals surface area contributed by atoms with Crippen molar-refractivity contribution < 1.29 is 4.79 Å². The van der Waals surface area contributed by atoms with Crippen LogP contribution in [-0.2, 0) is 4.79 Å². The highest BCUT2D eigenvalue weighted by Gasteiger charge is 2.25. The molecule has 6 heteroatoms. The van der Waals surface area contributed by atoms with E-state index in [0.29, 0.717) is 18.3 Å². The molecule has 0 aromatic carbocycles. The van der Waals surface area contributed by atoms with Gasteiger partial charge >= 0.3 is 0 Å². The summed E-state index contributed by atoms with van der Waals surface area (Å²) in [6.07, 6.45) is 3.64. The highest BCUT2D eigenvalue weighted by atomic mass is 16.2. The van der Waals surface area contributed by atoms with Gasteiger partial charge in [-0.25, -0.2) is 4.98 Å². The number of nitrogens with zero attached hydrogens (tertiary/aromatic N) is 3. The number of rotatable bonds is 3. The molecule has 1 aromatic heterocycles. The Morgan fingerprint density at radius 1 is 1.58 bits per heavy atom. The lowest BCUT2D eigenvalue weighted by atomic mass is 10.0. The third-order valence-electron chi connectivity index (χ3n) is 3.24. The van der Waals surface area contributed by atoms with Gasteiger partial charge in [-0.15, -0.1) is 0 Å². The van der Waals surface area contributed by atoms with Gasteiger partial charge in [-0.2, -0.15) is 4.98 Å². The van der Waals surface area contributed by atoms with E-state index in [1.165, 1.54) is 0 Å². The van der Waals surface area contributed by atoms with Gasteiger partial charge in [-0.3, -0.25) is 4.79 Å². The number of nitrogens with one attached hydrogen (secondary N) is 1. The zero-order valence-electron chi connectivity index (χ0n) is 11.5. The van der Waals surface area contributed by atoms with Crippen LogP contribution in [-0.4, -0.2) is 39.9 Å². The molecule has 19 heavy (non-hydrogen) atoms. The smallest absolute Gasteiger partial charge is 0.225 e. The molecule has 104 valence electrons. The van der Waals surface area contributed by atoms with E-state index in [0.717, 1.165) is 19.4 Å². The fourth-order valence-electron chi connectivity index (χ4n) is 2.29. The maximum atomic E-state index is 12.0. The maximum Gasteiger partial charge on any atom is 0.225 e. The van der Waals surface area contributed by atoms with E-state index in [1.54, 1.807) is 12.3 Å². The van der Waals surface area contributed by atoms with E-state index >= 15 is 0 Å². The van der Waals surface area contributed by atoms with Gasteiger partial charge in [0.15, 0.2) is 0 Å². The predicted molar refractivity (Wildman–Crippen MR) is 74.5 cm³/mol. The molecule has 2 heterocycles. The first-order chi connectivity index (χ1) is 9.06. The summed E-state index contributed by atoms with van der Waals surface area (Å²) >= 11 is 0. The molecular formula is C13H21N5O. The molecule has 1 unspecified atom stereocenters. The summed E-state index contributed by atoms with van der Waals surface area (Å²) in [4.78, 5) is 22.2. The molecule has 1 aliphatic heterocycles. The van der Waals surface area contributed by atoms with Crippen molar-refractivity contribution in [3.8, 4) is 0 Å². The van der Waals surface area contributed by atoms with Crippen LogP contribution in [0.2, 0.25) is 0 Å². The Morgan fingerprint density at radius 2 is 2.37 bits per heavy atom. The Hall–Kier alpha value is -1.85. The SMILES string of the molecule is CC(C)C(=O)N1CCCC(Nc2nccc(N)n2)C1. The molecule has 1 amide bonds. The lowest BCUT2D eigenvalue weighted by molar-refractivity contribution is -0.135. The minimum absolute atomic E-state index is 0.0439. The van der Waals surface area contributed by atoms with E-state index < -0.39 is 0 Å². The third kappa shape index (κ3) is 3.56. The molecular weight excluding hydrogens is 242 g/mol. The minimum atomic E-state index is 0.0439. The van der Waals surface area contributed by atoms with E-state index in [2.05, 4.69) is 15.3 Å². The number of nitrogen functional groups attached to an aromatic ring is 1. The number of piperidine rings is 1. The van der Waals surface area contributed by atoms with Gasteiger partial charge in [0.1, 0.15) is 5.82 Å². The summed E-state index contributed by atoms with van der Waals surface area (Å²) in [7, 11) is 0. The molecule has 0 radical (unpaired) electrons. The summed E-state index contributed by atoms with van der Waals surface area (Å²) < 4.78 is 0. The van der Waals surface area contributed by atoms with Crippen molar-refractivity contribution in [2.75, 3.05) is 24.1 Å². The molecule has 1 aliphatic rings. The number of anilines is 2.